The Morgan fingerprint density at radius 3 is 2.43 bits per heavy atom. The van der Waals surface area contributed by atoms with E-state index in [1.807, 2.05) is 0 Å². The molecule has 0 aromatic rings. The van der Waals surface area contributed by atoms with Crippen molar-refractivity contribution >= 4 is 0 Å². The van der Waals surface area contributed by atoms with Crippen LogP contribution in [0, 0.1) is 0 Å². The molecule has 0 saturated heterocycles. The van der Waals surface area contributed by atoms with Crippen molar-refractivity contribution in [1.29, 1.82) is 0 Å². The molecule has 0 saturated carbocycles. The number of rotatable bonds is 8. The van der Waals surface area contributed by atoms with Gasteiger partial charge in [-0.3, -0.25) is 0 Å². The first-order valence-electron chi connectivity index (χ1n) is 6.08. The summed E-state index contributed by atoms with van der Waals surface area (Å²) in [6, 6.07) is 0. The van der Waals surface area contributed by atoms with Gasteiger partial charge in [-0.05, 0) is 52.4 Å². The van der Waals surface area contributed by atoms with Crippen LogP contribution in [0.1, 0.15) is 65.7 Å². The van der Waals surface area contributed by atoms with E-state index in [0.29, 0.717) is 0 Å². The van der Waals surface area contributed by atoms with Crippen molar-refractivity contribution in [2.45, 2.75) is 65.7 Å². The summed E-state index contributed by atoms with van der Waals surface area (Å²) in [6.07, 6.45) is 16.0. The van der Waals surface area contributed by atoms with Gasteiger partial charge in [-0.25, -0.2) is 0 Å². The number of hydrogen-bond acceptors (Lipinski definition) is 0. The van der Waals surface area contributed by atoms with Crippen LogP contribution in [0.4, 0.5) is 0 Å². The molecule has 0 atom stereocenters. The molecule has 0 N–H and O–H groups in total. The third-order valence-electron chi connectivity index (χ3n) is 2.48. The lowest BCUT2D eigenvalue weighted by Crippen LogP contribution is -1.79. The van der Waals surface area contributed by atoms with Crippen molar-refractivity contribution in [3.63, 3.8) is 0 Å². The maximum atomic E-state index is 2.42. The lowest BCUT2D eigenvalue weighted by molar-refractivity contribution is 0.745. The second kappa shape index (κ2) is 10.6. The fourth-order valence-corrected chi connectivity index (χ4v) is 1.48. The zero-order chi connectivity index (χ0) is 10.6. The van der Waals surface area contributed by atoms with Crippen molar-refractivity contribution in [2.75, 3.05) is 0 Å². The van der Waals surface area contributed by atoms with Gasteiger partial charge < -0.3 is 0 Å². The Morgan fingerprint density at radius 1 is 1.07 bits per heavy atom. The summed E-state index contributed by atoms with van der Waals surface area (Å²) < 4.78 is 0. The predicted octanol–water partition coefficient (Wildman–Crippen LogP) is 5.26. The molecule has 0 aromatic carbocycles. The van der Waals surface area contributed by atoms with E-state index >= 15 is 0 Å². The Labute approximate surface area is 90.1 Å². The van der Waals surface area contributed by atoms with Crippen molar-refractivity contribution in [2.24, 2.45) is 0 Å². The van der Waals surface area contributed by atoms with Crippen LogP contribution in [0.15, 0.2) is 23.8 Å². The first-order valence-corrected chi connectivity index (χ1v) is 6.08. The molecule has 0 heteroatoms. The van der Waals surface area contributed by atoms with Gasteiger partial charge in [-0.2, -0.15) is 0 Å². The Hall–Kier alpha value is -0.520. The summed E-state index contributed by atoms with van der Waals surface area (Å²) in [5.41, 5.74) is 1.58. The zero-order valence-corrected chi connectivity index (χ0v) is 10.2. The molecule has 0 aliphatic carbocycles. The van der Waals surface area contributed by atoms with Crippen LogP contribution in [-0.2, 0) is 0 Å². The molecule has 0 rings (SSSR count). The lowest BCUT2D eigenvalue weighted by atomic mass is 10.1. The van der Waals surface area contributed by atoms with E-state index in [1.54, 1.807) is 5.57 Å². The Kier molecular flexibility index (Phi) is 10.2. The predicted molar refractivity (Wildman–Crippen MR) is 66.6 cm³/mol. The van der Waals surface area contributed by atoms with E-state index in [4.69, 9.17) is 0 Å². The molecule has 14 heavy (non-hydrogen) atoms. The lowest BCUT2D eigenvalue weighted by Gasteiger charge is -1.99. The van der Waals surface area contributed by atoms with Gasteiger partial charge in [0.1, 0.15) is 0 Å². The molecule has 82 valence electrons. The largest absolute Gasteiger partial charge is 0.0917 e. The quantitative estimate of drug-likeness (QED) is 0.365. The van der Waals surface area contributed by atoms with E-state index in [9.17, 15) is 0 Å². The molecule has 0 nitrogen and oxygen atoms in total. The summed E-state index contributed by atoms with van der Waals surface area (Å²) >= 11 is 0. The van der Waals surface area contributed by atoms with E-state index in [0.717, 1.165) is 0 Å². The Morgan fingerprint density at radius 2 is 1.79 bits per heavy atom. The van der Waals surface area contributed by atoms with Gasteiger partial charge in [0, 0.05) is 0 Å². The van der Waals surface area contributed by atoms with Gasteiger partial charge in [-0.15, -0.1) is 0 Å². The van der Waals surface area contributed by atoms with Crippen LogP contribution in [0.3, 0.4) is 0 Å². The second-order valence-corrected chi connectivity index (χ2v) is 4.01. The summed E-state index contributed by atoms with van der Waals surface area (Å²) in [5.74, 6) is 0. The Bertz CT molecular complexity index is 163. The molecule has 0 bridgehead atoms. The first kappa shape index (κ1) is 13.5. The Balaban J connectivity index is 3.31. The molecule has 0 aliphatic rings. The highest BCUT2D eigenvalue weighted by Gasteiger charge is 1.89. The van der Waals surface area contributed by atoms with Crippen molar-refractivity contribution in [3.05, 3.63) is 23.8 Å². The average molecular weight is 194 g/mol. The van der Waals surface area contributed by atoms with Gasteiger partial charge in [0.15, 0.2) is 0 Å². The molecular formula is C14H26. The van der Waals surface area contributed by atoms with Crippen LogP contribution in [0.2, 0.25) is 0 Å². The number of unbranched alkanes of at least 4 members (excludes halogenated alkanes) is 4. The van der Waals surface area contributed by atoms with E-state index < -0.39 is 0 Å². The monoisotopic (exact) mass is 194 g/mol. The molecule has 0 aromatic heterocycles. The average Bonchev–Trinajstić information content (AvgIpc) is 2.20. The SMILES string of the molecule is CC=CCCCCC=C(C)CCCC. The molecule has 0 spiro atoms. The molecule has 0 heterocycles. The highest BCUT2D eigenvalue weighted by atomic mass is 14.0. The maximum Gasteiger partial charge on any atom is -0.0323 e. The van der Waals surface area contributed by atoms with E-state index in [2.05, 4.69) is 39.0 Å². The van der Waals surface area contributed by atoms with Gasteiger partial charge in [0.05, 0.1) is 0 Å². The fraction of sp³-hybridized carbons (Fsp3) is 0.714. The zero-order valence-electron chi connectivity index (χ0n) is 10.2. The number of allylic oxidation sites excluding steroid dienone is 4. The van der Waals surface area contributed by atoms with Crippen LogP contribution in [-0.4, -0.2) is 0 Å². The highest BCUT2D eigenvalue weighted by Crippen LogP contribution is 2.09. The summed E-state index contributed by atoms with van der Waals surface area (Å²) in [6.45, 7) is 6.61. The second-order valence-electron chi connectivity index (χ2n) is 4.01. The molecule has 0 amide bonds. The smallest absolute Gasteiger partial charge is 0.0323 e. The first-order chi connectivity index (χ1) is 6.81. The third-order valence-corrected chi connectivity index (χ3v) is 2.48. The van der Waals surface area contributed by atoms with Crippen LogP contribution in [0.5, 0.6) is 0 Å². The van der Waals surface area contributed by atoms with Crippen molar-refractivity contribution < 1.29 is 0 Å². The summed E-state index contributed by atoms with van der Waals surface area (Å²) in [4.78, 5) is 0. The van der Waals surface area contributed by atoms with Crippen molar-refractivity contribution in [3.8, 4) is 0 Å². The number of hydrogen-bond donors (Lipinski definition) is 0. The van der Waals surface area contributed by atoms with Gasteiger partial charge >= 0.3 is 0 Å². The standard InChI is InChI=1S/C14H26/c1-4-6-8-9-10-11-13-14(3)12-7-5-2/h4,6,13H,5,7-12H2,1-3H3. The highest BCUT2D eigenvalue weighted by molar-refractivity contribution is 4.97. The molecule has 0 unspecified atom stereocenters. The van der Waals surface area contributed by atoms with E-state index in [-0.39, 0.29) is 0 Å². The van der Waals surface area contributed by atoms with Gasteiger partial charge in [0.25, 0.3) is 0 Å². The van der Waals surface area contributed by atoms with Crippen LogP contribution >= 0.6 is 0 Å². The van der Waals surface area contributed by atoms with Crippen LogP contribution < -0.4 is 0 Å². The normalized spacial score (nSPS) is 12.6. The topological polar surface area (TPSA) is 0 Å². The molecule has 0 radical (unpaired) electrons. The van der Waals surface area contributed by atoms with Crippen LogP contribution in [0.25, 0.3) is 0 Å². The third kappa shape index (κ3) is 9.57. The molecule has 0 fully saturated rings. The minimum absolute atomic E-state index is 1.25. The van der Waals surface area contributed by atoms with Gasteiger partial charge in [-0.1, -0.05) is 37.1 Å². The van der Waals surface area contributed by atoms with E-state index in [1.165, 1.54) is 44.9 Å². The summed E-state index contributed by atoms with van der Waals surface area (Å²) in [5, 5.41) is 0. The summed E-state index contributed by atoms with van der Waals surface area (Å²) in [7, 11) is 0. The minimum Gasteiger partial charge on any atom is -0.0917 e. The minimum atomic E-state index is 1.25. The molecule has 0 aliphatic heterocycles. The van der Waals surface area contributed by atoms with Crippen molar-refractivity contribution in [1.82, 2.24) is 0 Å². The fourth-order valence-electron chi connectivity index (χ4n) is 1.48. The maximum absolute atomic E-state index is 2.42. The molecular weight excluding hydrogens is 168 g/mol. The van der Waals surface area contributed by atoms with Gasteiger partial charge in [0.2, 0.25) is 0 Å².